The molecule has 1 N–H and O–H groups in total. The van der Waals surface area contributed by atoms with Gasteiger partial charge in [0.2, 0.25) is 11.6 Å². The molecular weight excluding hydrogens is 454 g/mol. The van der Waals surface area contributed by atoms with Crippen molar-refractivity contribution in [2.24, 2.45) is 12.2 Å². The van der Waals surface area contributed by atoms with Crippen LogP contribution in [0.15, 0.2) is 53.7 Å². The highest BCUT2D eigenvalue weighted by Crippen LogP contribution is 2.17. The van der Waals surface area contributed by atoms with Gasteiger partial charge in [0.15, 0.2) is 12.3 Å². The van der Waals surface area contributed by atoms with Crippen molar-refractivity contribution < 1.29 is 23.8 Å². The number of hydrogen-bond donors (Lipinski definition) is 1. The standard InChI is InChI=1S/C23H29N7O5/c1-5-33-23(2,34-15-14-32-4)22(31)25-19-13-9-12-18(24-19)16-35-27-20(17-10-7-6-8-11-17)21-26-28-29-30(21)3/h6-13H,5,14-16H2,1-4H3,(H,24,25,31). The Morgan fingerprint density at radius 1 is 1.11 bits per heavy atom. The molecule has 35 heavy (non-hydrogen) atoms. The summed E-state index contributed by atoms with van der Waals surface area (Å²) in [7, 11) is 3.27. The molecule has 0 aliphatic carbocycles. The van der Waals surface area contributed by atoms with Crippen LogP contribution >= 0.6 is 0 Å². The molecule has 2 aromatic heterocycles. The van der Waals surface area contributed by atoms with E-state index < -0.39 is 11.7 Å². The maximum absolute atomic E-state index is 12.8. The van der Waals surface area contributed by atoms with E-state index in [1.807, 2.05) is 30.3 Å². The zero-order valence-electron chi connectivity index (χ0n) is 20.2. The van der Waals surface area contributed by atoms with Crippen LogP contribution in [0.4, 0.5) is 5.82 Å². The summed E-state index contributed by atoms with van der Waals surface area (Å²) in [5, 5.41) is 18.6. The number of carbonyl (C=O) groups is 1. The molecule has 1 atom stereocenters. The fourth-order valence-corrected chi connectivity index (χ4v) is 3.04. The number of pyridine rings is 1. The third-order valence-electron chi connectivity index (χ3n) is 4.79. The number of carbonyl (C=O) groups excluding carboxylic acids is 1. The number of anilines is 1. The van der Waals surface area contributed by atoms with E-state index in [1.54, 1.807) is 46.2 Å². The Kier molecular flexibility index (Phi) is 9.35. The van der Waals surface area contributed by atoms with Crippen LogP contribution in [0.25, 0.3) is 0 Å². The fraction of sp³-hybridized carbons (Fsp3) is 0.391. The smallest absolute Gasteiger partial charge is 0.285 e. The maximum Gasteiger partial charge on any atom is 0.285 e. The zero-order chi connectivity index (χ0) is 25.1. The van der Waals surface area contributed by atoms with E-state index in [1.165, 1.54) is 4.68 Å². The first-order chi connectivity index (χ1) is 17.0. The molecule has 1 aromatic carbocycles. The van der Waals surface area contributed by atoms with Crippen molar-refractivity contribution in [3.8, 4) is 0 Å². The van der Waals surface area contributed by atoms with Gasteiger partial charge in [-0.05, 0) is 36.4 Å². The van der Waals surface area contributed by atoms with Crippen LogP contribution in [0.2, 0.25) is 0 Å². The minimum Gasteiger partial charge on any atom is -0.389 e. The topological polar surface area (TPSA) is 135 Å². The Labute approximate surface area is 203 Å². The summed E-state index contributed by atoms with van der Waals surface area (Å²) in [6.07, 6.45) is 0. The number of ether oxygens (including phenoxy) is 3. The largest absolute Gasteiger partial charge is 0.389 e. The van der Waals surface area contributed by atoms with Gasteiger partial charge in [0.1, 0.15) is 5.82 Å². The highest BCUT2D eigenvalue weighted by atomic mass is 16.7. The Balaban J connectivity index is 1.70. The number of methoxy groups -OCH3 is 1. The van der Waals surface area contributed by atoms with Gasteiger partial charge in [0.25, 0.3) is 5.91 Å². The number of nitrogens with zero attached hydrogens (tertiary/aromatic N) is 6. The Bertz CT molecular complexity index is 1120. The van der Waals surface area contributed by atoms with Gasteiger partial charge < -0.3 is 24.4 Å². The van der Waals surface area contributed by atoms with E-state index in [2.05, 4.69) is 31.0 Å². The van der Waals surface area contributed by atoms with E-state index >= 15 is 0 Å². The van der Waals surface area contributed by atoms with Crippen LogP contribution in [0.3, 0.4) is 0 Å². The van der Waals surface area contributed by atoms with Gasteiger partial charge in [-0.2, -0.15) is 0 Å². The minimum atomic E-state index is -1.49. The first kappa shape index (κ1) is 25.9. The normalized spacial score (nSPS) is 13.3. The predicted octanol–water partition coefficient (Wildman–Crippen LogP) is 1.93. The number of aryl methyl sites for hydroxylation is 1. The summed E-state index contributed by atoms with van der Waals surface area (Å²) in [5.41, 5.74) is 1.82. The molecule has 1 amide bonds. The van der Waals surface area contributed by atoms with E-state index in [9.17, 15) is 4.79 Å². The molecule has 2 heterocycles. The Morgan fingerprint density at radius 2 is 1.91 bits per heavy atom. The molecule has 0 aliphatic rings. The van der Waals surface area contributed by atoms with Crippen molar-refractivity contribution in [2.45, 2.75) is 26.2 Å². The van der Waals surface area contributed by atoms with Crippen LogP contribution in [-0.4, -0.2) is 69.5 Å². The molecule has 12 heteroatoms. The number of oxime groups is 1. The molecule has 3 rings (SSSR count). The summed E-state index contributed by atoms with van der Waals surface area (Å²) >= 11 is 0. The molecule has 12 nitrogen and oxygen atoms in total. The maximum atomic E-state index is 12.8. The lowest BCUT2D eigenvalue weighted by atomic mass is 10.1. The number of hydrogen-bond acceptors (Lipinski definition) is 10. The SMILES string of the molecule is CCOC(C)(OCCOC)C(=O)Nc1cccc(CON=C(c2ccccc2)c2nnnn2C)n1. The summed E-state index contributed by atoms with van der Waals surface area (Å²) in [6.45, 7) is 4.21. The molecule has 0 spiro atoms. The number of benzene rings is 1. The molecular formula is C23H29N7O5. The van der Waals surface area contributed by atoms with Crippen molar-refractivity contribution in [3.63, 3.8) is 0 Å². The number of aromatic nitrogens is 5. The van der Waals surface area contributed by atoms with E-state index in [0.29, 0.717) is 36.3 Å². The van der Waals surface area contributed by atoms with Crippen molar-refractivity contribution in [1.29, 1.82) is 0 Å². The van der Waals surface area contributed by atoms with E-state index in [0.717, 1.165) is 5.56 Å². The van der Waals surface area contributed by atoms with Crippen molar-refractivity contribution in [3.05, 3.63) is 65.6 Å². The van der Waals surface area contributed by atoms with E-state index in [4.69, 9.17) is 19.0 Å². The summed E-state index contributed by atoms with van der Waals surface area (Å²) in [6, 6.07) is 14.6. The van der Waals surface area contributed by atoms with Crippen molar-refractivity contribution >= 4 is 17.4 Å². The van der Waals surface area contributed by atoms with Gasteiger partial charge in [-0.3, -0.25) is 4.79 Å². The summed E-state index contributed by atoms with van der Waals surface area (Å²) in [4.78, 5) is 22.8. The second kappa shape index (κ2) is 12.6. The summed E-state index contributed by atoms with van der Waals surface area (Å²) in [5.74, 6) is -1.20. The van der Waals surface area contributed by atoms with Gasteiger partial charge in [-0.1, -0.05) is 41.6 Å². The Morgan fingerprint density at radius 3 is 2.60 bits per heavy atom. The van der Waals surface area contributed by atoms with Crippen LogP contribution in [0, 0.1) is 0 Å². The molecule has 0 radical (unpaired) electrons. The molecule has 1 unspecified atom stereocenters. The zero-order valence-corrected chi connectivity index (χ0v) is 20.2. The Hall–Kier alpha value is -3.74. The number of tetrazole rings is 1. The van der Waals surface area contributed by atoms with Gasteiger partial charge in [-0.25, -0.2) is 9.67 Å². The van der Waals surface area contributed by atoms with Crippen LogP contribution in [0.5, 0.6) is 0 Å². The minimum absolute atomic E-state index is 0.0540. The molecule has 0 fully saturated rings. The van der Waals surface area contributed by atoms with Crippen molar-refractivity contribution in [2.75, 3.05) is 32.2 Å². The molecule has 0 aliphatic heterocycles. The fourth-order valence-electron chi connectivity index (χ4n) is 3.04. The molecule has 3 aromatic rings. The van der Waals surface area contributed by atoms with E-state index in [-0.39, 0.29) is 13.2 Å². The molecule has 0 saturated carbocycles. The monoisotopic (exact) mass is 483 g/mol. The van der Waals surface area contributed by atoms with Gasteiger partial charge in [-0.15, -0.1) is 5.10 Å². The highest BCUT2D eigenvalue weighted by Gasteiger charge is 2.35. The molecule has 0 bridgehead atoms. The third kappa shape index (κ3) is 7.12. The molecule has 186 valence electrons. The van der Waals surface area contributed by atoms with Crippen molar-refractivity contribution in [1.82, 2.24) is 25.2 Å². The third-order valence-corrected chi connectivity index (χ3v) is 4.79. The lowest BCUT2D eigenvalue weighted by molar-refractivity contribution is -0.219. The van der Waals surface area contributed by atoms with Crippen LogP contribution in [-0.2, 0) is 37.5 Å². The number of rotatable bonds is 13. The van der Waals surface area contributed by atoms with Crippen LogP contribution < -0.4 is 5.32 Å². The highest BCUT2D eigenvalue weighted by molar-refractivity contribution is 6.10. The second-order valence-electron chi connectivity index (χ2n) is 7.39. The lowest BCUT2D eigenvalue weighted by Gasteiger charge is -2.28. The number of nitrogens with one attached hydrogen (secondary N) is 1. The quantitative estimate of drug-likeness (QED) is 0.167. The lowest BCUT2D eigenvalue weighted by Crippen LogP contribution is -2.46. The molecule has 0 saturated heterocycles. The first-order valence-corrected chi connectivity index (χ1v) is 11.0. The van der Waals surface area contributed by atoms with Gasteiger partial charge >= 0.3 is 0 Å². The predicted molar refractivity (Wildman–Crippen MR) is 126 cm³/mol. The second-order valence-corrected chi connectivity index (χ2v) is 7.39. The van der Waals surface area contributed by atoms with Crippen LogP contribution in [0.1, 0.15) is 30.9 Å². The summed E-state index contributed by atoms with van der Waals surface area (Å²) < 4.78 is 17.6. The van der Waals surface area contributed by atoms with Gasteiger partial charge in [0.05, 0.1) is 18.9 Å². The van der Waals surface area contributed by atoms with Gasteiger partial charge in [0, 0.05) is 26.3 Å². The number of amides is 1. The first-order valence-electron chi connectivity index (χ1n) is 11.0. The average Bonchev–Trinajstić information content (AvgIpc) is 3.28. The average molecular weight is 484 g/mol.